The molecule has 33 heavy (non-hydrogen) atoms. The van der Waals surface area contributed by atoms with E-state index in [2.05, 4.69) is 103 Å². The Morgan fingerprint density at radius 3 is 2.00 bits per heavy atom. The van der Waals surface area contributed by atoms with Gasteiger partial charge in [0, 0.05) is 0 Å². The number of fused-ring (bicyclic) bond motifs is 1. The van der Waals surface area contributed by atoms with Gasteiger partial charge in [0.2, 0.25) is 0 Å². The fourth-order valence-corrected chi connectivity index (χ4v) is 30.5. The Hall–Kier alpha value is -0.660. The standard InChI is InChI=1S/C16H13.C9H13.C4H10Si.2ClH.Zr/c1-12-10-14-8-5-9-15(16(14)11-12)13-6-3-2-4-7-13;1-6-5-7(2)9(4)8(6)3;1-3-5-4-2;;;/h2-11H,1H3;6H,1-4H3;3-4H2,1-2H3;2*1H;. The topological polar surface area (TPSA) is 0 Å². The zero-order valence-corrected chi connectivity index (χ0v) is 26.2. The molecule has 2 aliphatic carbocycles. The van der Waals surface area contributed by atoms with Gasteiger partial charge in [0.15, 0.2) is 0 Å². The minimum atomic E-state index is -1.96. The monoisotopic (exact) mass is 574 g/mol. The number of allylic oxidation sites excluding steroid dienone is 5. The molecule has 0 fully saturated rings. The molecular weight excluding hydrogens is 539 g/mol. The summed E-state index contributed by atoms with van der Waals surface area (Å²) >= 11 is -1.96. The first-order chi connectivity index (χ1) is 14.9. The zero-order chi connectivity index (χ0) is 22.3. The Balaban J connectivity index is 0.00000193. The fraction of sp³-hybridized carbons (Fsp3) is 0.379. The second kappa shape index (κ2) is 11.9. The van der Waals surface area contributed by atoms with Crippen LogP contribution in [0.25, 0.3) is 17.2 Å². The summed E-state index contributed by atoms with van der Waals surface area (Å²) in [5, 5.41) is 0. The fourth-order valence-electron chi connectivity index (χ4n) is 5.78. The SMILES string of the molecule is CC[Si](CC)=[Zr]([C]1=C(C)C(C)=C(C)C1C)[CH]1C(C)=Cc2c(-c3ccccc3)cccc21.Cl.Cl. The van der Waals surface area contributed by atoms with Crippen LogP contribution in [0.15, 0.2) is 74.1 Å². The number of halogens is 2. The average molecular weight is 577 g/mol. The van der Waals surface area contributed by atoms with E-state index in [0.717, 1.165) is 3.63 Å². The number of benzene rings is 2. The summed E-state index contributed by atoms with van der Waals surface area (Å²) < 4.78 is 2.67. The van der Waals surface area contributed by atoms with E-state index in [0.29, 0.717) is 5.92 Å². The molecule has 2 aromatic carbocycles. The predicted molar refractivity (Wildman–Crippen MR) is 150 cm³/mol. The third-order valence-corrected chi connectivity index (χ3v) is 31.1. The van der Waals surface area contributed by atoms with Gasteiger partial charge in [-0.1, -0.05) is 0 Å². The van der Waals surface area contributed by atoms with Crippen LogP contribution in [-0.2, 0) is 20.4 Å². The van der Waals surface area contributed by atoms with Gasteiger partial charge in [-0.3, -0.25) is 0 Å². The third kappa shape index (κ3) is 5.02. The molecule has 2 atom stereocenters. The first kappa shape index (κ1) is 28.6. The van der Waals surface area contributed by atoms with Gasteiger partial charge in [-0.05, 0) is 0 Å². The van der Waals surface area contributed by atoms with Crippen molar-refractivity contribution in [1.82, 2.24) is 0 Å². The molecule has 176 valence electrons. The van der Waals surface area contributed by atoms with E-state index < -0.39 is 20.4 Å². The van der Waals surface area contributed by atoms with Gasteiger partial charge < -0.3 is 0 Å². The molecule has 0 bridgehead atoms. The van der Waals surface area contributed by atoms with Gasteiger partial charge in [0.25, 0.3) is 0 Å². The van der Waals surface area contributed by atoms with Crippen LogP contribution in [0.3, 0.4) is 0 Å². The van der Waals surface area contributed by atoms with Gasteiger partial charge in [0.05, 0.1) is 0 Å². The molecule has 0 aliphatic heterocycles. The van der Waals surface area contributed by atoms with Crippen molar-refractivity contribution in [3.8, 4) is 11.1 Å². The molecule has 0 saturated carbocycles. The predicted octanol–water partition coefficient (Wildman–Crippen LogP) is 9.56. The van der Waals surface area contributed by atoms with E-state index in [9.17, 15) is 0 Å². The Labute approximate surface area is 221 Å². The van der Waals surface area contributed by atoms with E-state index in [1.807, 2.05) is 3.28 Å². The summed E-state index contributed by atoms with van der Waals surface area (Å²) in [7, 11) is 0. The van der Waals surface area contributed by atoms with Crippen molar-refractivity contribution in [2.45, 2.75) is 64.2 Å². The molecule has 0 spiro atoms. The molecule has 2 unspecified atom stereocenters. The van der Waals surface area contributed by atoms with E-state index >= 15 is 0 Å². The maximum Gasteiger partial charge on any atom is -0.147 e. The molecule has 4 rings (SSSR count). The zero-order valence-electron chi connectivity index (χ0n) is 21.1. The van der Waals surface area contributed by atoms with E-state index in [4.69, 9.17) is 0 Å². The van der Waals surface area contributed by atoms with E-state index in [1.54, 1.807) is 27.9 Å². The quantitative estimate of drug-likeness (QED) is 0.311. The first-order valence-corrected chi connectivity index (χ1v) is 20.1. The molecule has 4 heteroatoms. The summed E-state index contributed by atoms with van der Waals surface area (Å²) in [6, 6.07) is 20.9. The van der Waals surface area contributed by atoms with Crippen molar-refractivity contribution < 1.29 is 20.4 Å². The van der Waals surface area contributed by atoms with Crippen LogP contribution in [0, 0.1) is 5.92 Å². The summed E-state index contributed by atoms with van der Waals surface area (Å²) in [4.78, 5) is 0. The largest absolute Gasteiger partial charge is 0.147 e. The normalized spacial score (nSPS) is 19.1. The van der Waals surface area contributed by atoms with Crippen molar-refractivity contribution in [3.63, 3.8) is 0 Å². The van der Waals surface area contributed by atoms with Gasteiger partial charge in [-0.15, -0.1) is 24.8 Å². The Morgan fingerprint density at radius 2 is 1.45 bits per heavy atom. The molecule has 0 aromatic heterocycles. The third-order valence-electron chi connectivity index (χ3n) is 7.82. The summed E-state index contributed by atoms with van der Waals surface area (Å²) in [5.41, 5.74) is 12.1. The molecule has 0 saturated heterocycles. The molecular formula is C29H38Cl2SiZr. The van der Waals surface area contributed by atoms with Crippen LogP contribution < -0.4 is 0 Å². The molecule has 2 aromatic rings. The minimum Gasteiger partial charge on any atom is -0.147 e. The summed E-state index contributed by atoms with van der Waals surface area (Å²) in [5.74, 6) is 0.668. The van der Waals surface area contributed by atoms with Crippen LogP contribution >= 0.6 is 24.8 Å². The minimum absolute atomic E-state index is 0. The Bertz CT molecular complexity index is 1150. The van der Waals surface area contributed by atoms with E-state index in [-0.39, 0.29) is 30.2 Å². The van der Waals surface area contributed by atoms with Crippen molar-refractivity contribution in [2.75, 3.05) is 0 Å². The summed E-state index contributed by atoms with van der Waals surface area (Å²) in [6.45, 7) is 17.1. The second-order valence-corrected chi connectivity index (χ2v) is 25.1. The number of hydrogen-bond donors (Lipinski definition) is 0. The van der Waals surface area contributed by atoms with Gasteiger partial charge in [0.1, 0.15) is 0 Å². The second-order valence-electron chi connectivity index (χ2n) is 9.29. The first-order valence-electron chi connectivity index (χ1n) is 11.9. The Kier molecular flexibility index (Phi) is 10.3. The van der Waals surface area contributed by atoms with Crippen molar-refractivity contribution in [1.29, 1.82) is 0 Å². The van der Waals surface area contributed by atoms with Crippen molar-refractivity contribution in [3.05, 3.63) is 85.2 Å². The number of rotatable bonds is 5. The van der Waals surface area contributed by atoms with Crippen LogP contribution in [0.1, 0.15) is 63.2 Å². The molecule has 0 amide bonds. The smallest absolute Gasteiger partial charge is 0.147 e. The maximum absolute atomic E-state index is 2.55. The van der Waals surface area contributed by atoms with Crippen LogP contribution in [-0.4, -0.2) is 5.43 Å². The maximum atomic E-state index is 2.55. The molecule has 0 nitrogen and oxygen atoms in total. The average Bonchev–Trinajstić information content (AvgIpc) is 3.21. The molecule has 0 N–H and O–H groups in total. The van der Waals surface area contributed by atoms with Crippen molar-refractivity contribution in [2.24, 2.45) is 5.92 Å². The summed E-state index contributed by atoms with van der Waals surface area (Å²) in [6.07, 6.45) is 2.55. The molecule has 0 radical (unpaired) electrons. The Morgan fingerprint density at radius 1 is 0.818 bits per heavy atom. The molecule has 0 heterocycles. The van der Waals surface area contributed by atoms with Crippen molar-refractivity contribution >= 4 is 36.3 Å². The van der Waals surface area contributed by atoms with Gasteiger partial charge in [-0.25, -0.2) is 0 Å². The van der Waals surface area contributed by atoms with E-state index in [1.165, 1.54) is 28.8 Å². The van der Waals surface area contributed by atoms with Gasteiger partial charge >= 0.3 is 198 Å². The van der Waals surface area contributed by atoms with Crippen LogP contribution in [0.5, 0.6) is 0 Å². The van der Waals surface area contributed by atoms with Crippen LogP contribution in [0.4, 0.5) is 0 Å². The number of hydrogen-bond acceptors (Lipinski definition) is 0. The van der Waals surface area contributed by atoms with Gasteiger partial charge in [-0.2, -0.15) is 0 Å². The molecule has 2 aliphatic rings. The van der Waals surface area contributed by atoms with Crippen LogP contribution in [0.2, 0.25) is 12.1 Å².